The van der Waals surface area contributed by atoms with Crippen molar-refractivity contribution in [3.8, 4) is 0 Å². The summed E-state index contributed by atoms with van der Waals surface area (Å²) >= 11 is 0. The van der Waals surface area contributed by atoms with Crippen molar-refractivity contribution in [3.63, 3.8) is 0 Å². The van der Waals surface area contributed by atoms with E-state index in [1.165, 1.54) is 6.20 Å². The van der Waals surface area contributed by atoms with Crippen molar-refractivity contribution in [3.05, 3.63) is 18.0 Å². The number of carbonyl (C=O) groups excluding carboxylic acids is 1. The smallest absolute Gasteiger partial charge is 0.210 e. The van der Waals surface area contributed by atoms with Crippen LogP contribution in [0.3, 0.4) is 0 Å². The van der Waals surface area contributed by atoms with Gasteiger partial charge in [-0.3, -0.25) is 9.89 Å². The number of aromatic amines is 1. The van der Waals surface area contributed by atoms with E-state index in [4.69, 9.17) is 0 Å². The highest BCUT2D eigenvalue weighted by Crippen LogP contribution is 2.13. The van der Waals surface area contributed by atoms with Gasteiger partial charge in [-0.1, -0.05) is 6.42 Å². The van der Waals surface area contributed by atoms with Crippen molar-refractivity contribution < 1.29 is 9.90 Å². The van der Waals surface area contributed by atoms with Gasteiger partial charge in [-0.15, -0.1) is 0 Å². The fourth-order valence-electron chi connectivity index (χ4n) is 1.88. The summed E-state index contributed by atoms with van der Waals surface area (Å²) in [5, 5.41) is 19.3. The SMILES string of the molecule is O=C(c1ccn[nH]1)C(O)C1CCCCN1. The number of nitrogens with one attached hydrogen (secondary N) is 2. The molecule has 0 bridgehead atoms. The maximum absolute atomic E-state index is 11.7. The Morgan fingerprint density at radius 3 is 3.07 bits per heavy atom. The standard InChI is InChI=1S/C10H15N3O2/c14-9(7-3-1-2-5-11-7)10(15)8-4-6-12-13-8/h4,6-7,9,11,14H,1-3,5H2,(H,12,13). The maximum atomic E-state index is 11.7. The van der Waals surface area contributed by atoms with Crippen LogP contribution in [-0.4, -0.2) is 39.8 Å². The van der Waals surface area contributed by atoms with Gasteiger partial charge in [0.15, 0.2) is 0 Å². The molecule has 1 aliphatic rings. The first kappa shape index (κ1) is 10.3. The lowest BCUT2D eigenvalue weighted by Gasteiger charge is -2.26. The number of aliphatic hydroxyl groups excluding tert-OH is 1. The van der Waals surface area contributed by atoms with Crippen LogP contribution < -0.4 is 5.32 Å². The quantitative estimate of drug-likeness (QED) is 0.617. The number of carbonyl (C=O) groups is 1. The summed E-state index contributed by atoms with van der Waals surface area (Å²) in [6.45, 7) is 0.873. The Morgan fingerprint density at radius 1 is 1.60 bits per heavy atom. The van der Waals surface area contributed by atoms with Crippen LogP contribution in [0.25, 0.3) is 0 Å². The molecule has 1 aliphatic heterocycles. The molecule has 1 aromatic heterocycles. The minimum atomic E-state index is -0.967. The normalized spacial score (nSPS) is 23.7. The Balaban J connectivity index is 2.00. The molecule has 0 aromatic carbocycles. The first-order valence-electron chi connectivity index (χ1n) is 5.24. The molecule has 2 heterocycles. The van der Waals surface area contributed by atoms with Gasteiger partial charge in [0.25, 0.3) is 0 Å². The van der Waals surface area contributed by atoms with Crippen molar-refractivity contribution >= 4 is 5.78 Å². The predicted molar refractivity (Wildman–Crippen MR) is 54.6 cm³/mol. The summed E-state index contributed by atoms with van der Waals surface area (Å²) in [7, 11) is 0. The molecule has 0 aliphatic carbocycles. The van der Waals surface area contributed by atoms with Crippen molar-refractivity contribution in [2.24, 2.45) is 0 Å². The van der Waals surface area contributed by atoms with Gasteiger partial charge in [0.1, 0.15) is 11.8 Å². The number of rotatable bonds is 3. The monoisotopic (exact) mass is 209 g/mol. The summed E-state index contributed by atoms with van der Waals surface area (Å²) in [6.07, 6.45) is 3.56. The van der Waals surface area contributed by atoms with Crippen molar-refractivity contribution in [2.45, 2.75) is 31.4 Å². The zero-order valence-corrected chi connectivity index (χ0v) is 8.44. The third kappa shape index (κ3) is 2.24. The predicted octanol–water partition coefficient (Wildman–Crippen LogP) is 0.0954. The zero-order valence-electron chi connectivity index (χ0n) is 8.44. The minimum Gasteiger partial charge on any atom is -0.383 e. The summed E-state index contributed by atoms with van der Waals surface area (Å²) in [5.41, 5.74) is 0.370. The van der Waals surface area contributed by atoms with E-state index in [0.717, 1.165) is 25.8 Å². The van der Waals surface area contributed by atoms with Crippen LogP contribution in [0.2, 0.25) is 0 Å². The number of Topliss-reactive ketones (excluding diaryl/α,β-unsaturated/α-hetero) is 1. The molecule has 1 saturated heterocycles. The molecule has 5 heteroatoms. The second-order valence-corrected chi connectivity index (χ2v) is 3.84. The summed E-state index contributed by atoms with van der Waals surface area (Å²) < 4.78 is 0. The van der Waals surface area contributed by atoms with Gasteiger partial charge in [-0.25, -0.2) is 0 Å². The Bertz CT molecular complexity index is 317. The second-order valence-electron chi connectivity index (χ2n) is 3.84. The van der Waals surface area contributed by atoms with Crippen LogP contribution in [0, 0.1) is 0 Å². The number of hydrogen-bond acceptors (Lipinski definition) is 4. The maximum Gasteiger partial charge on any atom is 0.210 e. The van der Waals surface area contributed by atoms with E-state index < -0.39 is 6.10 Å². The molecule has 0 amide bonds. The van der Waals surface area contributed by atoms with E-state index in [-0.39, 0.29) is 11.8 Å². The Hall–Kier alpha value is -1.20. The van der Waals surface area contributed by atoms with Gasteiger partial charge < -0.3 is 10.4 Å². The average molecular weight is 209 g/mol. The largest absolute Gasteiger partial charge is 0.383 e. The van der Waals surface area contributed by atoms with Gasteiger partial charge in [-0.2, -0.15) is 5.10 Å². The molecule has 1 aromatic rings. The zero-order chi connectivity index (χ0) is 10.7. The molecule has 5 nitrogen and oxygen atoms in total. The number of aliphatic hydroxyl groups is 1. The molecule has 2 atom stereocenters. The Labute approximate surface area is 87.9 Å². The van der Waals surface area contributed by atoms with E-state index in [1.807, 2.05) is 0 Å². The highest BCUT2D eigenvalue weighted by Gasteiger charge is 2.28. The highest BCUT2D eigenvalue weighted by molar-refractivity contribution is 5.98. The number of nitrogens with zero attached hydrogens (tertiary/aromatic N) is 1. The van der Waals surface area contributed by atoms with Gasteiger partial charge in [0.05, 0.1) is 0 Å². The summed E-state index contributed by atoms with van der Waals surface area (Å²) in [5.74, 6) is -0.285. The van der Waals surface area contributed by atoms with Crippen LogP contribution >= 0.6 is 0 Å². The van der Waals surface area contributed by atoms with Crippen molar-refractivity contribution in [2.75, 3.05) is 6.54 Å². The van der Waals surface area contributed by atoms with Crippen LogP contribution in [-0.2, 0) is 0 Å². The van der Waals surface area contributed by atoms with Gasteiger partial charge >= 0.3 is 0 Å². The van der Waals surface area contributed by atoms with Gasteiger partial charge in [0, 0.05) is 12.2 Å². The average Bonchev–Trinajstić information content (AvgIpc) is 2.82. The topological polar surface area (TPSA) is 78.0 Å². The molecule has 15 heavy (non-hydrogen) atoms. The first-order chi connectivity index (χ1) is 7.29. The van der Waals surface area contributed by atoms with E-state index in [2.05, 4.69) is 15.5 Å². The number of ketones is 1. The fraction of sp³-hybridized carbons (Fsp3) is 0.600. The number of aromatic nitrogens is 2. The summed E-state index contributed by atoms with van der Waals surface area (Å²) in [4.78, 5) is 11.7. The third-order valence-corrected chi connectivity index (χ3v) is 2.76. The van der Waals surface area contributed by atoms with Crippen LogP contribution in [0.1, 0.15) is 29.8 Å². The molecule has 1 fully saturated rings. The lowest BCUT2D eigenvalue weighted by atomic mass is 9.96. The summed E-state index contributed by atoms with van der Waals surface area (Å²) in [6, 6.07) is 1.46. The molecule has 82 valence electrons. The van der Waals surface area contributed by atoms with Crippen molar-refractivity contribution in [1.82, 2.24) is 15.5 Å². The molecule has 3 N–H and O–H groups in total. The molecule has 2 unspecified atom stereocenters. The van der Waals surface area contributed by atoms with Gasteiger partial charge in [0.2, 0.25) is 5.78 Å². The van der Waals surface area contributed by atoms with Crippen LogP contribution in [0.4, 0.5) is 0 Å². The second kappa shape index (κ2) is 4.55. The molecule has 2 rings (SSSR count). The first-order valence-corrected chi connectivity index (χ1v) is 5.24. The number of H-pyrrole nitrogens is 1. The lowest BCUT2D eigenvalue weighted by Crippen LogP contribution is -2.46. The van der Waals surface area contributed by atoms with Gasteiger partial charge in [-0.05, 0) is 25.5 Å². The highest BCUT2D eigenvalue weighted by atomic mass is 16.3. The molecule has 0 radical (unpaired) electrons. The molecule has 0 spiro atoms. The third-order valence-electron chi connectivity index (χ3n) is 2.76. The van der Waals surface area contributed by atoms with Crippen molar-refractivity contribution in [1.29, 1.82) is 0 Å². The number of hydrogen-bond donors (Lipinski definition) is 3. The Morgan fingerprint density at radius 2 is 2.47 bits per heavy atom. The van der Waals surface area contributed by atoms with E-state index >= 15 is 0 Å². The molecular formula is C10H15N3O2. The molecular weight excluding hydrogens is 194 g/mol. The lowest BCUT2D eigenvalue weighted by molar-refractivity contribution is 0.0622. The van der Waals surface area contributed by atoms with E-state index in [9.17, 15) is 9.90 Å². The minimum absolute atomic E-state index is 0.116. The van der Waals surface area contributed by atoms with E-state index in [1.54, 1.807) is 6.07 Å². The molecule has 0 saturated carbocycles. The number of piperidine rings is 1. The van der Waals surface area contributed by atoms with E-state index in [0.29, 0.717) is 5.69 Å². The Kier molecular flexibility index (Phi) is 3.13. The van der Waals surface area contributed by atoms with Crippen LogP contribution in [0.15, 0.2) is 12.3 Å². The van der Waals surface area contributed by atoms with Crippen LogP contribution in [0.5, 0.6) is 0 Å². The fourth-order valence-corrected chi connectivity index (χ4v) is 1.88.